The Bertz CT molecular complexity index is 731. The summed E-state index contributed by atoms with van der Waals surface area (Å²) in [7, 11) is 3.46. The van der Waals surface area contributed by atoms with Crippen LogP contribution < -0.4 is 15.8 Å². The fourth-order valence-electron chi connectivity index (χ4n) is 2.42. The van der Waals surface area contributed by atoms with Gasteiger partial charge in [0.25, 0.3) is 5.91 Å². The summed E-state index contributed by atoms with van der Waals surface area (Å²) in [4.78, 5) is 25.5. The van der Waals surface area contributed by atoms with E-state index in [0.717, 1.165) is 11.3 Å². The molecule has 126 valence electrons. The van der Waals surface area contributed by atoms with Crippen molar-refractivity contribution in [2.45, 2.75) is 6.54 Å². The lowest BCUT2D eigenvalue weighted by molar-refractivity contribution is -0.117. The molecule has 6 heteroatoms. The van der Waals surface area contributed by atoms with Gasteiger partial charge >= 0.3 is 0 Å². The number of ether oxygens (including phenoxy) is 1. The highest BCUT2D eigenvalue weighted by Gasteiger charge is 2.13. The van der Waals surface area contributed by atoms with Crippen molar-refractivity contribution in [1.29, 1.82) is 0 Å². The Balaban J connectivity index is 1.98. The molecule has 0 unspecified atom stereocenters. The lowest BCUT2D eigenvalue weighted by atomic mass is 10.1. The smallest absolute Gasteiger partial charge is 0.250 e. The molecule has 0 saturated heterocycles. The lowest BCUT2D eigenvalue weighted by Gasteiger charge is -2.18. The molecule has 0 atom stereocenters. The molecule has 2 aromatic rings. The zero-order valence-electron chi connectivity index (χ0n) is 13.8. The molecule has 0 aliphatic carbocycles. The van der Waals surface area contributed by atoms with Crippen molar-refractivity contribution in [3.8, 4) is 5.75 Å². The second kappa shape index (κ2) is 8.12. The number of nitrogens with one attached hydrogen (secondary N) is 1. The molecule has 0 radical (unpaired) electrons. The van der Waals surface area contributed by atoms with Crippen molar-refractivity contribution in [3.05, 3.63) is 59.7 Å². The van der Waals surface area contributed by atoms with E-state index in [4.69, 9.17) is 10.5 Å². The van der Waals surface area contributed by atoms with Crippen molar-refractivity contribution >= 4 is 17.5 Å². The third-order valence-corrected chi connectivity index (χ3v) is 3.51. The Labute approximate surface area is 141 Å². The van der Waals surface area contributed by atoms with Crippen LogP contribution in [0.1, 0.15) is 15.9 Å². The van der Waals surface area contributed by atoms with Crippen LogP contribution in [0.5, 0.6) is 5.75 Å². The van der Waals surface area contributed by atoms with Crippen LogP contribution >= 0.6 is 0 Å². The maximum atomic E-state index is 12.2. The van der Waals surface area contributed by atoms with E-state index in [1.54, 1.807) is 31.4 Å². The van der Waals surface area contributed by atoms with E-state index in [2.05, 4.69) is 5.32 Å². The normalized spacial score (nSPS) is 10.5. The minimum Gasteiger partial charge on any atom is -0.496 e. The number of rotatable bonds is 7. The molecule has 2 amide bonds. The van der Waals surface area contributed by atoms with Gasteiger partial charge in [0.1, 0.15) is 5.75 Å². The molecule has 0 aliphatic rings. The fraction of sp³-hybridized carbons (Fsp3) is 0.222. The van der Waals surface area contributed by atoms with Gasteiger partial charge in [0.15, 0.2) is 0 Å². The quantitative estimate of drug-likeness (QED) is 0.813. The summed E-state index contributed by atoms with van der Waals surface area (Å²) in [5, 5.41) is 2.72. The number of anilines is 1. The number of benzene rings is 2. The van der Waals surface area contributed by atoms with E-state index in [1.165, 1.54) is 0 Å². The lowest BCUT2D eigenvalue weighted by Crippen LogP contribution is -2.30. The topological polar surface area (TPSA) is 84.7 Å². The third kappa shape index (κ3) is 4.57. The summed E-state index contributed by atoms with van der Waals surface area (Å²) in [6, 6.07) is 14.3. The largest absolute Gasteiger partial charge is 0.496 e. The number of amides is 2. The number of carbonyl (C=O) groups is 2. The van der Waals surface area contributed by atoms with Crippen molar-refractivity contribution in [2.24, 2.45) is 5.73 Å². The molecular weight excluding hydrogens is 306 g/mol. The van der Waals surface area contributed by atoms with Gasteiger partial charge in [-0.3, -0.25) is 14.5 Å². The molecule has 0 aliphatic heterocycles. The molecule has 6 nitrogen and oxygen atoms in total. The van der Waals surface area contributed by atoms with Gasteiger partial charge in [-0.25, -0.2) is 0 Å². The summed E-state index contributed by atoms with van der Waals surface area (Å²) in [5.74, 6) is -0.0155. The first-order valence-electron chi connectivity index (χ1n) is 7.50. The van der Waals surface area contributed by atoms with Crippen molar-refractivity contribution in [2.75, 3.05) is 26.0 Å². The minimum absolute atomic E-state index is 0.172. The van der Waals surface area contributed by atoms with Crippen LogP contribution in [-0.4, -0.2) is 37.4 Å². The first-order chi connectivity index (χ1) is 11.5. The van der Waals surface area contributed by atoms with Gasteiger partial charge in [0.05, 0.1) is 24.9 Å². The highest BCUT2D eigenvalue weighted by Crippen LogP contribution is 2.19. The van der Waals surface area contributed by atoms with Gasteiger partial charge < -0.3 is 15.8 Å². The number of likely N-dealkylation sites (N-methyl/N-ethyl adjacent to an activating group) is 1. The average molecular weight is 327 g/mol. The number of hydrogen-bond acceptors (Lipinski definition) is 4. The molecule has 2 rings (SSSR count). The van der Waals surface area contributed by atoms with Crippen LogP contribution in [0.3, 0.4) is 0 Å². The Hall–Kier alpha value is -2.86. The summed E-state index contributed by atoms with van der Waals surface area (Å²) in [6.45, 7) is 0.736. The van der Waals surface area contributed by atoms with E-state index in [1.807, 2.05) is 36.2 Å². The third-order valence-electron chi connectivity index (χ3n) is 3.51. The fourth-order valence-corrected chi connectivity index (χ4v) is 2.42. The molecule has 0 spiro atoms. The molecule has 0 saturated carbocycles. The van der Waals surface area contributed by atoms with Crippen molar-refractivity contribution < 1.29 is 14.3 Å². The maximum Gasteiger partial charge on any atom is 0.250 e. The maximum absolute atomic E-state index is 12.2. The Morgan fingerprint density at radius 1 is 1.12 bits per heavy atom. The second-order valence-corrected chi connectivity index (χ2v) is 5.44. The standard InChI is InChI=1S/C18H21N3O3/c1-21(11-13-7-3-6-10-16(13)24-2)12-17(22)20-15-9-5-4-8-14(15)18(19)23/h3-10H,11-12H2,1-2H3,(H2,19,23)(H,20,22). The number of methoxy groups -OCH3 is 1. The first-order valence-corrected chi connectivity index (χ1v) is 7.50. The number of hydrogen-bond donors (Lipinski definition) is 2. The number of nitrogens with two attached hydrogens (primary N) is 1. The number of para-hydroxylation sites is 2. The predicted molar refractivity (Wildman–Crippen MR) is 92.9 cm³/mol. The van der Waals surface area contributed by atoms with E-state index >= 15 is 0 Å². The van der Waals surface area contributed by atoms with Gasteiger partial charge in [-0.1, -0.05) is 30.3 Å². The molecular formula is C18H21N3O3. The van der Waals surface area contributed by atoms with Gasteiger partial charge in [-0.05, 0) is 25.2 Å². The zero-order valence-corrected chi connectivity index (χ0v) is 13.8. The van der Waals surface area contributed by atoms with Crippen LogP contribution in [0, 0.1) is 0 Å². The highest BCUT2D eigenvalue weighted by molar-refractivity contribution is 6.03. The zero-order chi connectivity index (χ0) is 17.5. The number of nitrogens with zero attached hydrogens (tertiary/aromatic N) is 1. The summed E-state index contributed by atoms with van der Waals surface area (Å²) in [5.41, 5.74) is 7.01. The van der Waals surface area contributed by atoms with Gasteiger partial charge in [-0.2, -0.15) is 0 Å². The van der Waals surface area contributed by atoms with Gasteiger partial charge in [0, 0.05) is 12.1 Å². The van der Waals surface area contributed by atoms with Gasteiger partial charge in [0.2, 0.25) is 5.91 Å². The summed E-state index contributed by atoms with van der Waals surface area (Å²) in [6.07, 6.45) is 0. The van der Waals surface area contributed by atoms with Crippen LogP contribution in [0.15, 0.2) is 48.5 Å². The molecule has 0 fully saturated rings. The summed E-state index contributed by atoms with van der Waals surface area (Å²) < 4.78 is 5.31. The van der Waals surface area contributed by atoms with Gasteiger partial charge in [-0.15, -0.1) is 0 Å². The van der Waals surface area contributed by atoms with Crippen molar-refractivity contribution in [3.63, 3.8) is 0 Å². The number of primary amides is 1. The number of carbonyl (C=O) groups excluding carboxylic acids is 2. The SMILES string of the molecule is COc1ccccc1CN(C)CC(=O)Nc1ccccc1C(N)=O. The molecule has 0 heterocycles. The van der Waals surface area contributed by atoms with Crippen LogP contribution in [0.4, 0.5) is 5.69 Å². The van der Waals surface area contributed by atoms with Crippen LogP contribution in [0.2, 0.25) is 0 Å². The van der Waals surface area contributed by atoms with E-state index in [0.29, 0.717) is 17.8 Å². The predicted octanol–water partition coefficient (Wildman–Crippen LogP) is 1.86. The van der Waals surface area contributed by atoms with E-state index in [-0.39, 0.29) is 12.5 Å². The Morgan fingerprint density at radius 3 is 2.50 bits per heavy atom. The Kier molecular flexibility index (Phi) is 5.92. The Morgan fingerprint density at radius 2 is 1.79 bits per heavy atom. The minimum atomic E-state index is -0.576. The van der Waals surface area contributed by atoms with Crippen LogP contribution in [0.25, 0.3) is 0 Å². The molecule has 24 heavy (non-hydrogen) atoms. The monoisotopic (exact) mass is 327 g/mol. The first kappa shape index (κ1) is 17.5. The molecule has 3 N–H and O–H groups in total. The molecule has 0 bridgehead atoms. The average Bonchev–Trinajstić information content (AvgIpc) is 2.55. The second-order valence-electron chi connectivity index (χ2n) is 5.44. The highest BCUT2D eigenvalue weighted by atomic mass is 16.5. The van der Waals surface area contributed by atoms with E-state index < -0.39 is 5.91 Å². The molecule has 0 aromatic heterocycles. The molecule has 2 aromatic carbocycles. The summed E-state index contributed by atoms with van der Waals surface area (Å²) >= 11 is 0. The van der Waals surface area contributed by atoms with Crippen LogP contribution in [-0.2, 0) is 11.3 Å². The van der Waals surface area contributed by atoms with E-state index in [9.17, 15) is 9.59 Å². The van der Waals surface area contributed by atoms with Crippen molar-refractivity contribution in [1.82, 2.24) is 4.90 Å².